The summed E-state index contributed by atoms with van der Waals surface area (Å²) in [6, 6.07) is 6.57. The first-order valence-corrected chi connectivity index (χ1v) is 8.42. The van der Waals surface area contributed by atoms with Crippen LogP contribution in [0.3, 0.4) is 0 Å². The molecule has 2 aliphatic rings. The van der Waals surface area contributed by atoms with E-state index in [2.05, 4.69) is 18.3 Å². The molecule has 0 unspecified atom stereocenters. The maximum Gasteiger partial charge on any atom is 0.150 e. The quantitative estimate of drug-likeness (QED) is 0.866. The minimum absolute atomic E-state index is 0.303. The molecular formula is C18H17NO2S. The van der Waals surface area contributed by atoms with Crippen molar-refractivity contribution >= 4 is 23.9 Å². The molecule has 1 aromatic heterocycles. The van der Waals surface area contributed by atoms with Crippen molar-refractivity contribution in [2.45, 2.75) is 38.3 Å². The monoisotopic (exact) mass is 311 g/mol. The highest BCUT2D eigenvalue weighted by molar-refractivity contribution is 7.12. The first kappa shape index (κ1) is 13.9. The molecule has 0 bridgehead atoms. The third-order valence-corrected chi connectivity index (χ3v) is 5.95. The van der Waals surface area contributed by atoms with Gasteiger partial charge in [0.05, 0.1) is 0 Å². The first-order chi connectivity index (χ1) is 10.7. The summed E-state index contributed by atoms with van der Waals surface area (Å²) in [5, 5.41) is 3.65. The average molecular weight is 311 g/mol. The van der Waals surface area contributed by atoms with E-state index in [0.29, 0.717) is 23.1 Å². The summed E-state index contributed by atoms with van der Waals surface area (Å²) < 4.78 is 0. The number of aryl methyl sites for hydroxylation is 2. The van der Waals surface area contributed by atoms with Crippen LogP contribution >= 0.6 is 11.3 Å². The number of thiophene rings is 1. The number of hydrogen-bond donors (Lipinski definition) is 1. The predicted molar refractivity (Wildman–Crippen MR) is 87.1 cm³/mol. The normalized spacial score (nSPS) is 22.4. The fourth-order valence-electron chi connectivity index (χ4n) is 3.91. The Kier molecular flexibility index (Phi) is 3.24. The lowest BCUT2D eigenvalue weighted by atomic mass is 9.73. The van der Waals surface area contributed by atoms with Gasteiger partial charge in [0.25, 0.3) is 0 Å². The van der Waals surface area contributed by atoms with E-state index in [1.165, 1.54) is 26.4 Å². The number of rotatable bonds is 2. The van der Waals surface area contributed by atoms with Gasteiger partial charge in [0.15, 0.2) is 12.6 Å². The van der Waals surface area contributed by atoms with Gasteiger partial charge in [-0.05, 0) is 54.7 Å². The SMILES string of the molecule is Cc1cc2c(s1)CN[C@H]1CCc3cc(C=O)c(C=O)cc3[C@H]21. The standard InChI is InChI=1S/C18H17NO2S/c1-10-4-15-17(22-10)7-19-16-3-2-11-5-12(8-20)13(9-21)6-14(11)18(15)16/h4-6,8-9,16,18-19H,2-3,7H2,1H3/t16-,18+/m0/s1. The zero-order valence-corrected chi connectivity index (χ0v) is 13.2. The van der Waals surface area contributed by atoms with Crippen LogP contribution in [0.4, 0.5) is 0 Å². The fraction of sp³-hybridized carbons (Fsp3) is 0.333. The summed E-state index contributed by atoms with van der Waals surface area (Å²) in [6.07, 6.45) is 3.62. The van der Waals surface area contributed by atoms with E-state index >= 15 is 0 Å². The van der Waals surface area contributed by atoms with Crippen LogP contribution in [0, 0.1) is 6.92 Å². The Morgan fingerprint density at radius 2 is 1.91 bits per heavy atom. The molecule has 0 spiro atoms. The van der Waals surface area contributed by atoms with Crippen LogP contribution in [0.5, 0.6) is 0 Å². The summed E-state index contributed by atoms with van der Waals surface area (Å²) >= 11 is 1.85. The molecule has 2 aromatic rings. The Bertz CT molecular complexity index is 778. The Morgan fingerprint density at radius 3 is 2.68 bits per heavy atom. The van der Waals surface area contributed by atoms with Gasteiger partial charge >= 0.3 is 0 Å². The van der Waals surface area contributed by atoms with Crippen LogP contribution in [0.1, 0.15) is 59.5 Å². The average Bonchev–Trinajstić information content (AvgIpc) is 2.93. The largest absolute Gasteiger partial charge is 0.308 e. The van der Waals surface area contributed by atoms with E-state index in [1.807, 2.05) is 23.5 Å². The Balaban J connectivity index is 1.92. The second-order valence-corrected chi connectivity index (χ2v) is 7.50. The zero-order chi connectivity index (χ0) is 15.3. The van der Waals surface area contributed by atoms with E-state index in [1.54, 1.807) is 0 Å². The van der Waals surface area contributed by atoms with Crippen molar-refractivity contribution in [3.05, 3.63) is 55.8 Å². The summed E-state index contributed by atoms with van der Waals surface area (Å²) in [4.78, 5) is 25.2. The topological polar surface area (TPSA) is 46.2 Å². The smallest absolute Gasteiger partial charge is 0.150 e. The van der Waals surface area contributed by atoms with E-state index in [4.69, 9.17) is 0 Å². The number of fused-ring (bicyclic) bond motifs is 5. The minimum Gasteiger partial charge on any atom is -0.308 e. The van der Waals surface area contributed by atoms with Crippen molar-refractivity contribution in [3.63, 3.8) is 0 Å². The lowest BCUT2D eigenvalue weighted by Gasteiger charge is -2.38. The number of nitrogens with one attached hydrogen (secondary N) is 1. The Hall–Kier alpha value is -1.78. The molecule has 0 radical (unpaired) electrons. The van der Waals surface area contributed by atoms with Gasteiger partial charge in [-0.25, -0.2) is 0 Å². The van der Waals surface area contributed by atoms with Crippen LogP contribution in [-0.4, -0.2) is 18.6 Å². The van der Waals surface area contributed by atoms with Crippen molar-refractivity contribution in [2.24, 2.45) is 0 Å². The van der Waals surface area contributed by atoms with Crippen LogP contribution < -0.4 is 5.32 Å². The fourth-order valence-corrected chi connectivity index (χ4v) is 4.95. The molecule has 1 aliphatic heterocycles. The predicted octanol–water partition coefficient (Wildman–Crippen LogP) is 3.23. The van der Waals surface area contributed by atoms with Crippen LogP contribution in [-0.2, 0) is 13.0 Å². The molecule has 1 aliphatic carbocycles. The minimum atomic E-state index is 0.303. The lowest BCUT2D eigenvalue weighted by molar-refractivity contribution is 0.109. The van der Waals surface area contributed by atoms with E-state index < -0.39 is 0 Å². The molecule has 0 amide bonds. The molecule has 2 heterocycles. The molecule has 22 heavy (non-hydrogen) atoms. The molecule has 4 heteroatoms. The van der Waals surface area contributed by atoms with E-state index in [9.17, 15) is 9.59 Å². The summed E-state index contributed by atoms with van der Waals surface area (Å²) in [7, 11) is 0. The molecule has 1 N–H and O–H groups in total. The van der Waals surface area contributed by atoms with Crippen molar-refractivity contribution in [1.82, 2.24) is 5.32 Å². The molecule has 2 atom stereocenters. The Labute approximate surface area is 133 Å². The maximum absolute atomic E-state index is 11.3. The third-order valence-electron chi connectivity index (χ3n) is 4.89. The molecule has 4 rings (SSSR count). The second-order valence-electron chi connectivity index (χ2n) is 6.15. The van der Waals surface area contributed by atoms with Crippen molar-refractivity contribution < 1.29 is 9.59 Å². The summed E-state index contributed by atoms with van der Waals surface area (Å²) in [5.41, 5.74) is 4.86. The van der Waals surface area contributed by atoms with E-state index in [0.717, 1.165) is 32.0 Å². The molecule has 1 aromatic carbocycles. The van der Waals surface area contributed by atoms with Crippen molar-refractivity contribution in [3.8, 4) is 0 Å². The number of benzene rings is 1. The molecular weight excluding hydrogens is 294 g/mol. The van der Waals surface area contributed by atoms with Crippen molar-refractivity contribution in [2.75, 3.05) is 0 Å². The molecule has 112 valence electrons. The zero-order valence-electron chi connectivity index (χ0n) is 12.4. The van der Waals surface area contributed by atoms with Gasteiger partial charge in [-0.1, -0.05) is 0 Å². The van der Waals surface area contributed by atoms with Crippen LogP contribution in [0.15, 0.2) is 18.2 Å². The Morgan fingerprint density at radius 1 is 1.14 bits per heavy atom. The lowest BCUT2D eigenvalue weighted by Crippen LogP contribution is -2.42. The summed E-state index contributed by atoms with van der Waals surface area (Å²) in [6.45, 7) is 3.09. The molecule has 0 fully saturated rings. The highest BCUT2D eigenvalue weighted by Crippen LogP contribution is 2.43. The first-order valence-electron chi connectivity index (χ1n) is 7.61. The van der Waals surface area contributed by atoms with Gasteiger partial charge in [-0.2, -0.15) is 0 Å². The second kappa shape index (κ2) is 5.14. The van der Waals surface area contributed by atoms with Crippen molar-refractivity contribution in [1.29, 1.82) is 0 Å². The van der Waals surface area contributed by atoms with Gasteiger partial charge in [0.1, 0.15) is 0 Å². The highest BCUT2D eigenvalue weighted by atomic mass is 32.1. The van der Waals surface area contributed by atoms with Gasteiger partial charge in [-0.3, -0.25) is 9.59 Å². The van der Waals surface area contributed by atoms with Gasteiger partial charge in [0, 0.05) is 39.4 Å². The number of carbonyl (C=O) groups is 2. The van der Waals surface area contributed by atoms with Gasteiger partial charge < -0.3 is 5.32 Å². The summed E-state index contributed by atoms with van der Waals surface area (Å²) in [5.74, 6) is 0.303. The highest BCUT2D eigenvalue weighted by Gasteiger charge is 2.36. The van der Waals surface area contributed by atoms with Gasteiger partial charge in [-0.15, -0.1) is 11.3 Å². The van der Waals surface area contributed by atoms with Crippen LogP contribution in [0.2, 0.25) is 0 Å². The van der Waals surface area contributed by atoms with Crippen LogP contribution in [0.25, 0.3) is 0 Å². The third kappa shape index (κ3) is 1.98. The molecule has 0 saturated heterocycles. The number of aldehydes is 2. The van der Waals surface area contributed by atoms with Gasteiger partial charge in [0.2, 0.25) is 0 Å². The molecule has 0 saturated carbocycles. The number of carbonyl (C=O) groups excluding carboxylic acids is 2. The maximum atomic E-state index is 11.3. The van der Waals surface area contributed by atoms with E-state index in [-0.39, 0.29) is 0 Å². The molecule has 3 nitrogen and oxygen atoms in total. The number of hydrogen-bond acceptors (Lipinski definition) is 4.